The molecule has 2 aromatic rings. The largest absolute Gasteiger partial charge is 0.343 e. The number of hydrogen-bond donors (Lipinski definition) is 1. The van der Waals surface area contributed by atoms with Gasteiger partial charge >= 0.3 is 0 Å². The van der Waals surface area contributed by atoms with Crippen molar-refractivity contribution in [3.63, 3.8) is 0 Å². The number of amides is 1. The fourth-order valence-corrected chi connectivity index (χ4v) is 3.33. The van der Waals surface area contributed by atoms with E-state index in [1.165, 1.54) is 17.8 Å². The lowest BCUT2D eigenvalue weighted by atomic mass is 10.1. The predicted octanol–water partition coefficient (Wildman–Crippen LogP) is 3.48. The third-order valence-corrected chi connectivity index (χ3v) is 4.78. The highest BCUT2D eigenvalue weighted by molar-refractivity contribution is 8.00. The van der Waals surface area contributed by atoms with E-state index in [-0.39, 0.29) is 5.91 Å². The molecule has 6 heteroatoms. The van der Waals surface area contributed by atoms with E-state index in [4.69, 9.17) is 0 Å². The van der Waals surface area contributed by atoms with E-state index in [1.807, 2.05) is 37.4 Å². The molecule has 0 saturated heterocycles. The Hall–Kier alpha value is -1.92. The smallest absolute Gasteiger partial charge is 0.240 e. The van der Waals surface area contributed by atoms with Crippen LogP contribution >= 0.6 is 11.8 Å². The van der Waals surface area contributed by atoms with Gasteiger partial charge in [0.2, 0.25) is 5.91 Å². The number of halogens is 2. The number of benzene rings is 2. The molecule has 0 spiro atoms. The first-order valence-electron chi connectivity index (χ1n) is 7.59. The number of nitrogens with zero attached hydrogens (tertiary/aromatic N) is 1. The molecule has 0 aromatic heterocycles. The van der Waals surface area contributed by atoms with E-state index in [2.05, 4.69) is 5.32 Å². The molecular formula is C18H20F2N2OS. The van der Waals surface area contributed by atoms with E-state index in [0.29, 0.717) is 18.0 Å². The van der Waals surface area contributed by atoms with Gasteiger partial charge in [0.05, 0.1) is 0 Å². The maximum Gasteiger partial charge on any atom is 0.240 e. The first-order chi connectivity index (χ1) is 11.5. The highest BCUT2D eigenvalue weighted by Gasteiger charge is 2.25. The second-order valence-electron chi connectivity index (χ2n) is 5.35. The number of rotatable bonds is 7. The summed E-state index contributed by atoms with van der Waals surface area (Å²) in [4.78, 5) is 15.0. The Labute approximate surface area is 145 Å². The van der Waals surface area contributed by atoms with Gasteiger partial charge in [-0.05, 0) is 30.8 Å². The molecule has 0 saturated carbocycles. The topological polar surface area (TPSA) is 32.3 Å². The Balaban J connectivity index is 2.26. The fourth-order valence-electron chi connectivity index (χ4n) is 2.16. The summed E-state index contributed by atoms with van der Waals surface area (Å²) in [5, 5.41) is 2.49. The minimum Gasteiger partial charge on any atom is -0.343 e. The first kappa shape index (κ1) is 18.4. The van der Waals surface area contributed by atoms with Gasteiger partial charge in [-0.3, -0.25) is 4.79 Å². The molecule has 3 nitrogen and oxygen atoms in total. The summed E-state index contributed by atoms with van der Waals surface area (Å²) in [7, 11) is 3.56. The van der Waals surface area contributed by atoms with Gasteiger partial charge < -0.3 is 10.2 Å². The maximum absolute atomic E-state index is 13.5. The molecule has 0 heterocycles. The van der Waals surface area contributed by atoms with Crippen molar-refractivity contribution in [3.05, 3.63) is 65.7 Å². The third kappa shape index (κ3) is 4.79. The van der Waals surface area contributed by atoms with Gasteiger partial charge in [0.25, 0.3) is 0 Å². The lowest BCUT2D eigenvalue weighted by Crippen LogP contribution is -2.35. The lowest BCUT2D eigenvalue weighted by Gasteiger charge is -2.24. The number of carbonyl (C=O) groups is 1. The summed E-state index contributed by atoms with van der Waals surface area (Å²) in [5.41, 5.74) is 0.827. The maximum atomic E-state index is 13.5. The number of hydrogen-bond acceptors (Lipinski definition) is 3. The Bertz CT molecular complexity index is 682. The van der Waals surface area contributed by atoms with E-state index < -0.39 is 16.9 Å². The summed E-state index contributed by atoms with van der Waals surface area (Å²) >= 11 is 1.22. The fraction of sp³-hybridized carbons (Fsp3) is 0.278. The summed E-state index contributed by atoms with van der Waals surface area (Å²) in [5.74, 6) is -1.89. The number of carbonyl (C=O) groups excluding carboxylic acids is 1. The van der Waals surface area contributed by atoms with Crippen LogP contribution in [0.25, 0.3) is 0 Å². The van der Waals surface area contributed by atoms with Gasteiger partial charge in [-0.2, -0.15) is 0 Å². The zero-order chi connectivity index (χ0) is 17.5. The van der Waals surface area contributed by atoms with Gasteiger partial charge in [-0.25, -0.2) is 8.78 Å². The van der Waals surface area contributed by atoms with Gasteiger partial charge in [0, 0.05) is 25.0 Å². The van der Waals surface area contributed by atoms with Crippen molar-refractivity contribution in [2.75, 3.05) is 27.2 Å². The number of likely N-dealkylation sites (N-methyl/N-ethyl adjacent to an activating group) is 2. The zero-order valence-electron chi connectivity index (χ0n) is 13.6. The SMILES string of the molecule is CNCCN(C)C(=O)C(Sc1ccc(F)c(F)c1)c1ccccc1. The van der Waals surface area contributed by atoms with E-state index in [0.717, 1.165) is 17.7 Å². The van der Waals surface area contributed by atoms with Crippen molar-refractivity contribution in [1.29, 1.82) is 0 Å². The van der Waals surface area contributed by atoms with Crippen LogP contribution in [0, 0.1) is 11.6 Å². The van der Waals surface area contributed by atoms with Crippen LogP contribution in [-0.4, -0.2) is 38.0 Å². The summed E-state index contributed by atoms with van der Waals surface area (Å²) in [6.07, 6.45) is 0. The molecule has 1 atom stereocenters. The molecule has 1 unspecified atom stereocenters. The van der Waals surface area contributed by atoms with Crippen LogP contribution in [0.2, 0.25) is 0 Å². The summed E-state index contributed by atoms with van der Waals surface area (Å²) < 4.78 is 26.6. The molecular weight excluding hydrogens is 330 g/mol. The number of thioether (sulfide) groups is 1. The molecule has 24 heavy (non-hydrogen) atoms. The lowest BCUT2D eigenvalue weighted by molar-refractivity contribution is -0.129. The van der Waals surface area contributed by atoms with Crippen LogP contribution in [0.3, 0.4) is 0 Å². The van der Waals surface area contributed by atoms with Crippen LogP contribution in [0.1, 0.15) is 10.8 Å². The Morgan fingerprint density at radius 1 is 1.17 bits per heavy atom. The minimum atomic E-state index is -0.914. The standard InChI is InChI=1S/C18H20F2N2OS/c1-21-10-11-22(2)18(23)17(13-6-4-3-5-7-13)24-14-8-9-15(19)16(20)12-14/h3-9,12,17,21H,10-11H2,1-2H3. The minimum absolute atomic E-state index is 0.0776. The van der Waals surface area contributed by atoms with Crippen molar-refractivity contribution in [2.24, 2.45) is 0 Å². The van der Waals surface area contributed by atoms with Crippen molar-refractivity contribution < 1.29 is 13.6 Å². The molecule has 0 radical (unpaired) electrons. The summed E-state index contributed by atoms with van der Waals surface area (Å²) in [6.45, 7) is 1.25. The quantitative estimate of drug-likeness (QED) is 0.776. The molecule has 0 bridgehead atoms. The van der Waals surface area contributed by atoms with Crippen LogP contribution in [0.15, 0.2) is 53.4 Å². The molecule has 0 aliphatic carbocycles. The molecule has 2 rings (SSSR count). The Morgan fingerprint density at radius 3 is 2.50 bits per heavy atom. The second-order valence-corrected chi connectivity index (χ2v) is 6.53. The van der Waals surface area contributed by atoms with E-state index in [9.17, 15) is 13.6 Å². The van der Waals surface area contributed by atoms with Crippen LogP contribution in [-0.2, 0) is 4.79 Å². The van der Waals surface area contributed by atoms with Crippen LogP contribution in [0.5, 0.6) is 0 Å². The van der Waals surface area contributed by atoms with Gasteiger partial charge in [-0.1, -0.05) is 30.3 Å². The molecule has 0 aliphatic rings. The van der Waals surface area contributed by atoms with E-state index in [1.54, 1.807) is 11.9 Å². The zero-order valence-corrected chi connectivity index (χ0v) is 14.4. The van der Waals surface area contributed by atoms with Crippen molar-refractivity contribution in [3.8, 4) is 0 Å². The van der Waals surface area contributed by atoms with Gasteiger partial charge in [0.15, 0.2) is 11.6 Å². The van der Waals surface area contributed by atoms with Crippen molar-refractivity contribution in [2.45, 2.75) is 10.1 Å². The molecule has 2 aromatic carbocycles. The Morgan fingerprint density at radius 2 is 1.88 bits per heavy atom. The van der Waals surface area contributed by atoms with Gasteiger partial charge in [0.1, 0.15) is 5.25 Å². The highest BCUT2D eigenvalue weighted by Crippen LogP contribution is 2.37. The predicted molar refractivity (Wildman–Crippen MR) is 93.0 cm³/mol. The molecule has 0 aliphatic heterocycles. The summed E-state index contributed by atoms with van der Waals surface area (Å²) in [6, 6.07) is 13.0. The van der Waals surface area contributed by atoms with Crippen molar-refractivity contribution in [1.82, 2.24) is 10.2 Å². The third-order valence-electron chi connectivity index (χ3n) is 3.55. The first-order valence-corrected chi connectivity index (χ1v) is 8.47. The van der Waals surface area contributed by atoms with Crippen molar-refractivity contribution >= 4 is 17.7 Å². The molecule has 1 amide bonds. The highest BCUT2D eigenvalue weighted by atomic mass is 32.2. The second kappa shape index (κ2) is 8.80. The monoisotopic (exact) mass is 350 g/mol. The molecule has 1 N–H and O–H groups in total. The average molecular weight is 350 g/mol. The average Bonchev–Trinajstić information content (AvgIpc) is 2.60. The van der Waals surface area contributed by atoms with Crippen LogP contribution in [0.4, 0.5) is 8.78 Å². The van der Waals surface area contributed by atoms with Gasteiger partial charge in [-0.15, -0.1) is 11.8 Å². The van der Waals surface area contributed by atoms with Crippen LogP contribution < -0.4 is 5.32 Å². The number of nitrogens with one attached hydrogen (secondary N) is 1. The normalized spacial score (nSPS) is 12.0. The Kier molecular flexibility index (Phi) is 6.75. The van der Waals surface area contributed by atoms with E-state index >= 15 is 0 Å². The molecule has 128 valence electrons. The molecule has 0 fully saturated rings.